The summed E-state index contributed by atoms with van der Waals surface area (Å²) in [7, 11) is 0. The molecule has 1 aromatic rings. The summed E-state index contributed by atoms with van der Waals surface area (Å²) in [5.41, 5.74) is 0. The Balaban J connectivity index is 1.66. The third-order valence-corrected chi connectivity index (χ3v) is 4.08. The number of alkyl halides is 1. The Morgan fingerprint density at radius 1 is 1.24 bits per heavy atom. The van der Waals surface area contributed by atoms with Gasteiger partial charge in [0.15, 0.2) is 0 Å². The first-order valence-corrected chi connectivity index (χ1v) is 7.61. The zero-order valence-corrected chi connectivity index (χ0v) is 11.5. The second-order valence-corrected chi connectivity index (χ2v) is 5.50. The Bertz CT molecular complexity index is 383. The van der Waals surface area contributed by atoms with E-state index < -0.39 is 0 Å². The summed E-state index contributed by atoms with van der Waals surface area (Å²) in [6, 6.07) is 0.664. The van der Waals surface area contributed by atoms with Crippen molar-refractivity contribution in [1.82, 2.24) is 14.8 Å². The van der Waals surface area contributed by atoms with Crippen LogP contribution >= 0.6 is 15.9 Å². The van der Waals surface area contributed by atoms with E-state index in [0.717, 1.165) is 36.4 Å². The van der Waals surface area contributed by atoms with Crippen LogP contribution in [0.3, 0.4) is 0 Å². The van der Waals surface area contributed by atoms with Gasteiger partial charge in [-0.2, -0.15) is 0 Å². The molecule has 3 rings (SSSR count). The molecule has 94 valence electrons. The highest BCUT2D eigenvalue weighted by atomic mass is 79.9. The van der Waals surface area contributed by atoms with Gasteiger partial charge in [0.2, 0.25) is 0 Å². The highest BCUT2D eigenvalue weighted by Crippen LogP contribution is 2.37. The van der Waals surface area contributed by atoms with Gasteiger partial charge in [-0.05, 0) is 32.1 Å². The van der Waals surface area contributed by atoms with Crippen LogP contribution in [0.2, 0.25) is 0 Å². The predicted molar refractivity (Wildman–Crippen MR) is 68.2 cm³/mol. The molecule has 0 amide bonds. The number of aryl methyl sites for hydroxylation is 1. The Morgan fingerprint density at radius 3 is 2.71 bits per heavy atom. The monoisotopic (exact) mass is 299 g/mol. The molecule has 0 bridgehead atoms. The van der Waals surface area contributed by atoms with E-state index in [0.29, 0.717) is 12.1 Å². The van der Waals surface area contributed by atoms with Gasteiger partial charge in [-0.25, -0.2) is 0 Å². The number of aromatic nitrogens is 3. The molecule has 2 aliphatic rings. The third-order valence-electron chi connectivity index (χ3n) is 3.58. The van der Waals surface area contributed by atoms with Crippen LogP contribution in [0.5, 0.6) is 0 Å². The van der Waals surface area contributed by atoms with Crippen molar-refractivity contribution in [3.05, 3.63) is 11.6 Å². The Hall–Kier alpha value is -0.420. The number of hydrogen-bond donors (Lipinski definition) is 0. The molecule has 1 unspecified atom stereocenters. The largest absolute Gasteiger partial charge is 0.378 e. The number of rotatable bonds is 5. The maximum absolute atomic E-state index is 5.66. The molecular formula is C12H18BrN3O. The van der Waals surface area contributed by atoms with E-state index in [1.54, 1.807) is 0 Å². The minimum absolute atomic E-state index is 0.451. The summed E-state index contributed by atoms with van der Waals surface area (Å²) in [6.07, 6.45) is 7.53. The molecule has 1 aromatic heterocycles. The SMILES string of the molecule is BrCc1nnc(CCC2CCCO2)n1C1CC1. The summed E-state index contributed by atoms with van der Waals surface area (Å²) in [4.78, 5) is 0. The van der Waals surface area contributed by atoms with Crippen molar-refractivity contribution >= 4 is 15.9 Å². The van der Waals surface area contributed by atoms with E-state index in [1.165, 1.54) is 25.7 Å². The molecule has 2 heterocycles. The summed E-state index contributed by atoms with van der Waals surface area (Å²) in [5.74, 6) is 2.23. The average molecular weight is 300 g/mol. The van der Waals surface area contributed by atoms with Crippen LogP contribution in [-0.4, -0.2) is 27.5 Å². The standard InChI is InChI=1S/C12H18BrN3O/c13-8-12-15-14-11(16(12)9-3-4-9)6-5-10-2-1-7-17-10/h9-10H,1-8H2. The molecule has 2 fully saturated rings. The molecule has 1 saturated carbocycles. The zero-order chi connectivity index (χ0) is 11.7. The lowest BCUT2D eigenvalue weighted by Gasteiger charge is -2.10. The van der Waals surface area contributed by atoms with E-state index in [1.807, 2.05) is 0 Å². The first kappa shape index (κ1) is 11.7. The maximum atomic E-state index is 5.66. The first-order valence-electron chi connectivity index (χ1n) is 6.48. The molecule has 1 atom stereocenters. The quantitative estimate of drug-likeness (QED) is 0.785. The van der Waals surface area contributed by atoms with Crippen LogP contribution in [0.25, 0.3) is 0 Å². The molecule has 4 nitrogen and oxygen atoms in total. The van der Waals surface area contributed by atoms with Gasteiger partial charge >= 0.3 is 0 Å². The van der Waals surface area contributed by atoms with Crippen LogP contribution in [0.1, 0.15) is 49.8 Å². The van der Waals surface area contributed by atoms with Gasteiger partial charge in [0, 0.05) is 19.1 Å². The lowest BCUT2D eigenvalue weighted by Crippen LogP contribution is -2.10. The molecule has 0 spiro atoms. The van der Waals surface area contributed by atoms with Crippen LogP contribution in [0, 0.1) is 0 Å². The molecule has 17 heavy (non-hydrogen) atoms. The Kier molecular flexibility index (Phi) is 3.47. The van der Waals surface area contributed by atoms with Gasteiger partial charge in [-0.3, -0.25) is 0 Å². The Labute approximate surface area is 110 Å². The van der Waals surface area contributed by atoms with E-state index in [2.05, 4.69) is 30.7 Å². The minimum atomic E-state index is 0.451. The van der Waals surface area contributed by atoms with Gasteiger partial charge in [0.25, 0.3) is 0 Å². The van der Waals surface area contributed by atoms with Crippen LogP contribution in [0.15, 0.2) is 0 Å². The molecule has 0 aromatic carbocycles. The topological polar surface area (TPSA) is 39.9 Å². The van der Waals surface area contributed by atoms with Crippen LogP contribution in [0.4, 0.5) is 0 Å². The Morgan fingerprint density at radius 2 is 2.06 bits per heavy atom. The normalized spacial score (nSPS) is 24.4. The molecule has 1 aliphatic heterocycles. The summed E-state index contributed by atoms with van der Waals surface area (Å²) < 4.78 is 7.99. The zero-order valence-electron chi connectivity index (χ0n) is 9.94. The summed E-state index contributed by atoms with van der Waals surface area (Å²) in [5, 5.41) is 9.40. The van der Waals surface area contributed by atoms with Crippen molar-refractivity contribution in [1.29, 1.82) is 0 Å². The van der Waals surface area contributed by atoms with Gasteiger partial charge in [-0.15, -0.1) is 10.2 Å². The van der Waals surface area contributed by atoms with E-state index >= 15 is 0 Å². The van der Waals surface area contributed by atoms with Gasteiger partial charge < -0.3 is 9.30 Å². The molecule has 0 radical (unpaired) electrons. The first-order chi connectivity index (χ1) is 8.38. The van der Waals surface area contributed by atoms with E-state index in [4.69, 9.17) is 4.74 Å². The van der Waals surface area contributed by atoms with E-state index in [-0.39, 0.29) is 0 Å². The van der Waals surface area contributed by atoms with Gasteiger partial charge in [-0.1, -0.05) is 15.9 Å². The molecule has 1 saturated heterocycles. The number of ether oxygens (including phenoxy) is 1. The van der Waals surface area contributed by atoms with Crippen molar-refractivity contribution in [2.45, 2.75) is 56.0 Å². The van der Waals surface area contributed by atoms with Crippen molar-refractivity contribution in [2.24, 2.45) is 0 Å². The summed E-state index contributed by atoms with van der Waals surface area (Å²) >= 11 is 3.49. The van der Waals surface area contributed by atoms with Crippen LogP contribution in [-0.2, 0) is 16.5 Å². The molecule has 0 N–H and O–H groups in total. The van der Waals surface area contributed by atoms with Crippen molar-refractivity contribution in [3.63, 3.8) is 0 Å². The van der Waals surface area contributed by atoms with Gasteiger partial charge in [0.05, 0.1) is 11.4 Å². The van der Waals surface area contributed by atoms with Crippen LogP contribution < -0.4 is 0 Å². The second kappa shape index (κ2) is 5.06. The highest BCUT2D eigenvalue weighted by molar-refractivity contribution is 9.08. The lowest BCUT2D eigenvalue weighted by atomic mass is 10.1. The third kappa shape index (κ3) is 2.55. The maximum Gasteiger partial charge on any atom is 0.143 e. The summed E-state index contributed by atoms with van der Waals surface area (Å²) in [6.45, 7) is 0.937. The van der Waals surface area contributed by atoms with Gasteiger partial charge in [0.1, 0.15) is 11.6 Å². The highest BCUT2D eigenvalue weighted by Gasteiger charge is 2.29. The fraction of sp³-hybridized carbons (Fsp3) is 0.833. The number of nitrogens with zero attached hydrogens (tertiary/aromatic N) is 3. The minimum Gasteiger partial charge on any atom is -0.378 e. The van der Waals surface area contributed by atoms with E-state index in [9.17, 15) is 0 Å². The predicted octanol–water partition coefficient (Wildman–Crippen LogP) is 2.62. The van der Waals surface area contributed by atoms with Crippen molar-refractivity contribution in [3.8, 4) is 0 Å². The average Bonchev–Trinajstić information content (AvgIpc) is 2.92. The molecular weight excluding hydrogens is 282 g/mol. The van der Waals surface area contributed by atoms with Crippen molar-refractivity contribution < 1.29 is 4.74 Å². The fourth-order valence-corrected chi connectivity index (χ4v) is 2.92. The lowest BCUT2D eigenvalue weighted by molar-refractivity contribution is 0.104. The second-order valence-electron chi connectivity index (χ2n) is 4.94. The molecule has 5 heteroatoms. The number of hydrogen-bond acceptors (Lipinski definition) is 3. The van der Waals surface area contributed by atoms with Crippen molar-refractivity contribution in [2.75, 3.05) is 6.61 Å². The fourth-order valence-electron chi connectivity index (χ4n) is 2.54. The molecule has 1 aliphatic carbocycles. The number of halogens is 1. The smallest absolute Gasteiger partial charge is 0.143 e.